The summed E-state index contributed by atoms with van der Waals surface area (Å²) in [6, 6.07) is 12.3. The summed E-state index contributed by atoms with van der Waals surface area (Å²) in [5, 5.41) is 10.9. The Balaban J connectivity index is 1.43. The second-order valence-electron chi connectivity index (χ2n) is 9.97. The molecule has 0 unspecified atom stereocenters. The first-order valence-corrected chi connectivity index (χ1v) is 12.0. The fourth-order valence-corrected chi connectivity index (χ4v) is 4.15. The number of nitrogens with zero attached hydrogens (tertiary/aromatic N) is 5. The number of rotatable bonds is 4. The number of halogens is 1. The van der Waals surface area contributed by atoms with Crippen molar-refractivity contribution < 1.29 is 9.18 Å². The first kappa shape index (κ1) is 23.4. The summed E-state index contributed by atoms with van der Waals surface area (Å²) in [6.45, 7) is 5.46. The third-order valence-corrected chi connectivity index (χ3v) is 6.17. The van der Waals surface area contributed by atoms with Crippen LogP contribution in [-0.4, -0.2) is 41.0 Å². The number of hydrogen-bond donors (Lipinski definition) is 3. The molecule has 10 heteroatoms. The molecule has 0 spiro atoms. The van der Waals surface area contributed by atoms with Crippen LogP contribution in [-0.2, 0) is 4.79 Å². The molecule has 6 rings (SSSR count). The SMILES string of the molecule is CC(C)(C)C(=O)Nc1cncc(-c2cc3c(-c4nc5c(-c6ccccn6)nccc5[nH]4)n[nH]c3cc2F)c1. The zero-order valence-corrected chi connectivity index (χ0v) is 20.9. The molecule has 0 radical (unpaired) electrons. The number of carbonyl (C=O) groups excluding carboxylic acids is 1. The molecule has 0 aliphatic rings. The molecule has 5 aromatic heterocycles. The van der Waals surface area contributed by atoms with Crippen molar-refractivity contribution in [3.63, 3.8) is 0 Å². The minimum atomic E-state index is -0.579. The Morgan fingerprint density at radius 2 is 1.84 bits per heavy atom. The second kappa shape index (κ2) is 8.84. The van der Waals surface area contributed by atoms with Gasteiger partial charge in [0.05, 0.1) is 28.6 Å². The number of fused-ring (bicyclic) bond motifs is 2. The number of nitrogens with one attached hydrogen (secondary N) is 3. The van der Waals surface area contributed by atoms with Gasteiger partial charge in [0.25, 0.3) is 0 Å². The van der Waals surface area contributed by atoms with Gasteiger partial charge in [-0.25, -0.2) is 9.37 Å². The normalized spacial score (nSPS) is 11.8. The summed E-state index contributed by atoms with van der Waals surface area (Å²) in [5.74, 6) is -0.0905. The van der Waals surface area contributed by atoms with E-state index >= 15 is 4.39 Å². The quantitative estimate of drug-likeness (QED) is 0.280. The van der Waals surface area contributed by atoms with E-state index in [0.29, 0.717) is 56.1 Å². The molecule has 1 amide bonds. The first-order valence-electron chi connectivity index (χ1n) is 12.0. The fourth-order valence-electron chi connectivity index (χ4n) is 4.15. The van der Waals surface area contributed by atoms with Crippen molar-refractivity contribution in [1.29, 1.82) is 0 Å². The molecule has 0 fully saturated rings. The van der Waals surface area contributed by atoms with E-state index in [-0.39, 0.29) is 5.91 Å². The molecule has 188 valence electrons. The minimum absolute atomic E-state index is 0.158. The van der Waals surface area contributed by atoms with E-state index in [9.17, 15) is 4.79 Å². The summed E-state index contributed by atoms with van der Waals surface area (Å²) in [7, 11) is 0. The Kier molecular flexibility index (Phi) is 5.45. The smallest absolute Gasteiger partial charge is 0.229 e. The zero-order chi connectivity index (χ0) is 26.4. The van der Waals surface area contributed by atoms with Gasteiger partial charge in [-0.1, -0.05) is 26.8 Å². The number of pyridine rings is 3. The average molecular weight is 507 g/mol. The average Bonchev–Trinajstić information content (AvgIpc) is 3.52. The lowest BCUT2D eigenvalue weighted by molar-refractivity contribution is -0.123. The second-order valence-corrected chi connectivity index (χ2v) is 9.97. The van der Waals surface area contributed by atoms with Gasteiger partial charge in [-0.3, -0.25) is 24.8 Å². The highest BCUT2D eigenvalue weighted by molar-refractivity contribution is 5.98. The van der Waals surface area contributed by atoms with Crippen LogP contribution in [0.2, 0.25) is 0 Å². The van der Waals surface area contributed by atoms with Crippen LogP contribution in [0.5, 0.6) is 0 Å². The number of carbonyl (C=O) groups is 1. The van der Waals surface area contributed by atoms with E-state index in [1.807, 2.05) is 45.0 Å². The largest absolute Gasteiger partial charge is 0.336 e. The van der Waals surface area contributed by atoms with Crippen LogP contribution < -0.4 is 5.32 Å². The number of H-pyrrole nitrogens is 2. The minimum Gasteiger partial charge on any atom is -0.336 e. The Labute approximate surface area is 216 Å². The number of imidazole rings is 1. The number of aromatic amines is 2. The summed E-state index contributed by atoms with van der Waals surface area (Å²) in [5.41, 5.74) is 4.61. The molecule has 3 N–H and O–H groups in total. The Bertz CT molecular complexity index is 1820. The van der Waals surface area contributed by atoms with Gasteiger partial charge < -0.3 is 10.3 Å². The number of hydrogen-bond acceptors (Lipinski definition) is 6. The van der Waals surface area contributed by atoms with Gasteiger partial charge in [-0.15, -0.1) is 0 Å². The van der Waals surface area contributed by atoms with Crippen LogP contribution in [0, 0.1) is 11.2 Å². The maximum Gasteiger partial charge on any atom is 0.229 e. The lowest BCUT2D eigenvalue weighted by Crippen LogP contribution is -2.27. The van der Waals surface area contributed by atoms with Gasteiger partial charge in [0.1, 0.15) is 22.7 Å². The highest BCUT2D eigenvalue weighted by atomic mass is 19.1. The third-order valence-electron chi connectivity index (χ3n) is 6.17. The van der Waals surface area contributed by atoms with Crippen molar-refractivity contribution in [2.75, 3.05) is 5.32 Å². The van der Waals surface area contributed by atoms with Crippen molar-refractivity contribution in [3.8, 4) is 34.0 Å². The standard InChI is InChI=1S/C28H23FN8O/c1-28(2,3)27(38)33-16-10-15(13-30-14-16)17-11-18-22(12-19(17)29)36-37-23(18)26-34-21-7-9-32-24(25(21)35-26)20-6-4-5-8-31-20/h4-14H,1-3H3,(H,33,38)(H,34,35)(H,36,37). The highest BCUT2D eigenvalue weighted by Gasteiger charge is 2.22. The van der Waals surface area contributed by atoms with Crippen LogP contribution in [0.15, 0.2) is 67.3 Å². The number of aromatic nitrogens is 7. The zero-order valence-electron chi connectivity index (χ0n) is 20.9. The monoisotopic (exact) mass is 506 g/mol. The highest BCUT2D eigenvalue weighted by Crippen LogP contribution is 2.34. The molecule has 0 bridgehead atoms. The van der Waals surface area contributed by atoms with E-state index in [0.717, 1.165) is 5.52 Å². The molecule has 1 aromatic carbocycles. The molecular formula is C28H23FN8O. The molecule has 5 heterocycles. The van der Waals surface area contributed by atoms with E-state index in [1.165, 1.54) is 12.3 Å². The van der Waals surface area contributed by atoms with E-state index in [4.69, 9.17) is 4.98 Å². The topological polar surface area (TPSA) is 125 Å². The van der Waals surface area contributed by atoms with Crippen molar-refractivity contribution in [2.45, 2.75) is 20.8 Å². The van der Waals surface area contributed by atoms with Crippen LogP contribution >= 0.6 is 0 Å². The Morgan fingerprint density at radius 3 is 2.63 bits per heavy atom. The van der Waals surface area contributed by atoms with Gasteiger partial charge in [-0.05, 0) is 30.3 Å². The van der Waals surface area contributed by atoms with Crippen molar-refractivity contribution in [2.24, 2.45) is 5.41 Å². The van der Waals surface area contributed by atoms with Gasteiger partial charge >= 0.3 is 0 Å². The predicted molar refractivity (Wildman–Crippen MR) is 143 cm³/mol. The summed E-state index contributed by atoms with van der Waals surface area (Å²) in [6.07, 6.45) is 6.50. The molecule has 0 atom stereocenters. The molecule has 0 aliphatic carbocycles. The summed E-state index contributed by atoms with van der Waals surface area (Å²) >= 11 is 0. The Hall–Kier alpha value is -4.99. The van der Waals surface area contributed by atoms with E-state index in [2.05, 4.69) is 35.5 Å². The number of amides is 1. The lowest BCUT2D eigenvalue weighted by atomic mass is 9.95. The van der Waals surface area contributed by atoms with E-state index < -0.39 is 11.2 Å². The molecule has 0 saturated heterocycles. The van der Waals surface area contributed by atoms with Crippen LogP contribution in [0.3, 0.4) is 0 Å². The fraction of sp³-hybridized carbons (Fsp3) is 0.143. The molecule has 38 heavy (non-hydrogen) atoms. The Morgan fingerprint density at radius 1 is 0.974 bits per heavy atom. The first-order chi connectivity index (χ1) is 18.3. The van der Waals surface area contributed by atoms with Crippen LogP contribution in [0.1, 0.15) is 20.8 Å². The lowest BCUT2D eigenvalue weighted by Gasteiger charge is -2.17. The predicted octanol–water partition coefficient (Wildman–Crippen LogP) is 5.75. The van der Waals surface area contributed by atoms with Crippen molar-refractivity contribution in [3.05, 3.63) is 73.1 Å². The number of benzene rings is 1. The number of anilines is 1. The maximum atomic E-state index is 15.2. The van der Waals surface area contributed by atoms with Crippen LogP contribution in [0.4, 0.5) is 10.1 Å². The molecule has 0 saturated carbocycles. The van der Waals surface area contributed by atoms with Gasteiger partial charge in [0.2, 0.25) is 5.91 Å². The van der Waals surface area contributed by atoms with Gasteiger partial charge in [0, 0.05) is 46.6 Å². The van der Waals surface area contributed by atoms with Gasteiger partial charge in [-0.2, -0.15) is 5.10 Å². The van der Waals surface area contributed by atoms with Gasteiger partial charge in [0.15, 0.2) is 5.82 Å². The molecule has 6 aromatic rings. The van der Waals surface area contributed by atoms with Crippen molar-refractivity contribution in [1.82, 2.24) is 35.1 Å². The van der Waals surface area contributed by atoms with Crippen LogP contribution in [0.25, 0.3) is 56.0 Å². The molecule has 9 nitrogen and oxygen atoms in total. The van der Waals surface area contributed by atoms with Crippen molar-refractivity contribution >= 4 is 33.5 Å². The summed E-state index contributed by atoms with van der Waals surface area (Å²) in [4.78, 5) is 33.6. The van der Waals surface area contributed by atoms with E-state index in [1.54, 1.807) is 30.7 Å². The maximum absolute atomic E-state index is 15.2. The molecular weight excluding hydrogens is 483 g/mol. The summed E-state index contributed by atoms with van der Waals surface area (Å²) < 4.78 is 15.2. The third kappa shape index (κ3) is 4.15. The molecule has 0 aliphatic heterocycles.